The van der Waals surface area contributed by atoms with E-state index in [0.717, 1.165) is 51.2 Å². The lowest BCUT2D eigenvalue weighted by Crippen LogP contribution is -2.53. The topological polar surface area (TPSA) is 91.3 Å². The minimum atomic E-state index is 0.0631. The van der Waals surface area contributed by atoms with Crippen LogP contribution in [-0.4, -0.2) is 73.7 Å². The number of morpholine rings is 1. The number of fused-ring (bicyclic) bond motifs is 2. The molecule has 2 amide bonds. The first kappa shape index (κ1) is 25.3. The lowest BCUT2D eigenvalue weighted by Gasteiger charge is -2.39. The molecule has 1 fully saturated rings. The van der Waals surface area contributed by atoms with Gasteiger partial charge in [0.05, 0.1) is 28.9 Å². The van der Waals surface area contributed by atoms with E-state index in [1.165, 1.54) is 5.57 Å². The molecule has 2 atom stereocenters. The normalized spacial score (nSPS) is 19.5. The molecule has 5 aromatic rings. The SMILES string of the molecule is C[C@@H]1CN(C(=O)N2CC=C(c3cc4c(Nc5ccc6ncn(-c7ccccc7)c6c5)ccnc4[nH]3)CC2)C[C@H](C)O1. The van der Waals surface area contributed by atoms with Crippen LogP contribution < -0.4 is 5.32 Å². The highest BCUT2D eigenvalue weighted by molar-refractivity contribution is 5.95. The van der Waals surface area contributed by atoms with Crippen molar-refractivity contribution in [1.29, 1.82) is 0 Å². The van der Waals surface area contributed by atoms with Crippen molar-refractivity contribution in [1.82, 2.24) is 29.3 Å². The first-order valence-electron chi connectivity index (χ1n) is 14.2. The standard InChI is InChI=1S/C32H33N7O2/c1-21-18-38(19-22(2)41-21)32(40)37-14-11-23(12-15-37)29-17-26-27(10-13-33-31(26)36-29)35-24-8-9-28-30(16-24)39(20-34-28)25-6-4-3-5-7-25/h3-11,13,16-17,20-22H,12,14-15,18-19H2,1-2H3,(H2,33,35,36)/t21-,22+. The van der Waals surface area contributed by atoms with Gasteiger partial charge in [0.15, 0.2) is 0 Å². The number of ether oxygens (including phenoxy) is 1. The van der Waals surface area contributed by atoms with Gasteiger partial charge < -0.3 is 24.8 Å². The molecule has 2 N–H and O–H groups in total. The average molecular weight is 548 g/mol. The summed E-state index contributed by atoms with van der Waals surface area (Å²) >= 11 is 0. The number of carbonyl (C=O) groups is 1. The van der Waals surface area contributed by atoms with E-state index in [1.54, 1.807) is 0 Å². The largest absolute Gasteiger partial charge is 0.372 e. The van der Waals surface area contributed by atoms with Crippen molar-refractivity contribution >= 4 is 45.0 Å². The molecule has 0 unspecified atom stereocenters. The fourth-order valence-corrected chi connectivity index (χ4v) is 5.97. The van der Waals surface area contributed by atoms with Gasteiger partial charge in [-0.3, -0.25) is 4.57 Å². The van der Waals surface area contributed by atoms with Gasteiger partial charge in [0.2, 0.25) is 0 Å². The maximum atomic E-state index is 13.1. The number of anilines is 2. The molecule has 1 saturated heterocycles. The Kier molecular flexibility index (Phi) is 6.43. The number of hydrogen-bond donors (Lipinski definition) is 2. The van der Waals surface area contributed by atoms with Crippen molar-refractivity contribution < 1.29 is 9.53 Å². The predicted octanol–water partition coefficient (Wildman–Crippen LogP) is 5.96. The second-order valence-electron chi connectivity index (χ2n) is 11.0. The summed E-state index contributed by atoms with van der Waals surface area (Å²) in [7, 11) is 0. The van der Waals surface area contributed by atoms with Gasteiger partial charge >= 0.3 is 6.03 Å². The van der Waals surface area contributed by atoms with E-state index in [2.05, 4.69) is 61.2 Å². The Morgan fingerprint density at radius 1 is 1.00 bits per heavy atom. The van der Waals surface area contributed by atoms with Gasteiger partial charge in [-0.15, -0.1) is 0 Å². The van der Waals surface area contributed by atoms with Crippen LogP contribution in [0.25, 0.3) is 33.3 Å². The quantitative estimate of drug-likeness (QED) is 0.290. The summed E-state index contributed by atoms with van der Waals surface area (Å²) in [5.74, 6) is 0. The second kappa shape index (κ2) is 10.4. The van der Waals surface area contributed by atoms with Gasteiger partial charge in [0, 0.05) is 54.8 Å². The first-order chi connectivity index (χ1) is 20.0. The van der Waals surface area contributed by atoms with E-state index >= 15 is 0 Å². The van der Waals surface area contributed by atoms with Crippen LogP contribution in [-0.2, 0) is 4.74 Å². The maximum Gasteiger partial charge on any atom is 0.320 e. The van der Waals surface area contributed by atoms with Crippen LogP contribution in [0.5, 0.6) is 0 Å². The van der Waals surface area contributed by atoms with Gasteiger partial charge in [-0.2, -0.15) is 0 Å². The average Bonchev–Trinajstić information content (AvgIpc) is 3.62. The number of nitrogens with zero attached hydrogens (tertiary/aromatic N) is 5. The summed E-state index contributed by atoms with van der Waals surface area (Å²) in [6, 6.07) is 20.7. The molecule has 208 valence electrons. The number of carbonyl (C=O) groups excluding carboxylic acids is 1. The summed E-state index contributed by atoms with van der Waals surface area (Å²) in [6.45, 7) is 6.61. The summed E-state index contributed by atoms with van der Waals surface area (Å²) in [6.07, 6.45) is 6.75. The molecule has 0 spiro atoms. The highest BCUT2D eigenvalue weighted by Gasteiger charge is 2.30. The van der Waals surface area contributed by atoms with Crippen LogP contribution >= 0.6 is 0 Å². The Morgan fingerprint density at radius 2 is 1.83 bits per heavy atom. The van der Waals surface area contributed by atoms with Crippen molar-refractivity contribution in [2.24, 2.45) is 0 Å². The van der Waals surface area contributed by atoms with Gasteiger partial charge in [-0.1, -0.05) is 24.3 Å². The molecule has 0 radical (unpaired) electrons. The van der Waals surface area contributed by atoms with E-state index in [1.807, 2.05) is 66.5 Å². The fourth-order valence-electron chi connectivity index (χ4n) is 5.97. The van der Waals surface area contributed by atoms with Crippen molar-refractivity contribution in [2.75, 3.05) is 31.5 Å². The number of rotatable bonds is 4. The molecule has 2 aliphatic heterocycles. The number of pyridine rings is 1. The van der Waals surface area contributed by atoms with Crippen LogP contribution in [0, 0.1) is 0 Å². The number of nitrogens with one attached hydrogen (secondary N) is 2. The van der Waals surface area contributed by atoms with E-state index in [0.29, 0.717) is 26.2 Å². The molecule has 2 aliphatic rings. The second-order valence-corrected chi connectivity index (χ2v) is 11.0. The summed E-state index contributed by atoms with van der Waals surface area (Å²) in [5.41, 5.74) is 8.08. The number of aromatic nitrogens is 4. The lowest BCUT2D eigenvalue weighted by molar-refractivity contribution is -0.0579. The zero-order valence-corrected chi connectivity index (χ0v) is 23.2. The third kappa shape index (κ3) is 4.93. The molecule has 2 aromatic carbocycles. The Bertz CT molecular complexity index is 1750. The number of H-pyrrole nitrogens is 1. The van der Waals surface area contributed by atoms with Crippen molar-refractivity contribution in [3.63, 3.8) is 0 Å². The van der Waals surface area contributed by atoms with Gasteiger partial charge in [-0.25, -0.2) is 14.8 Å². The Hall–Kier alpha value is -4.63. The molecule has 5 heterocycles. The Morgan fingerprint density at radius 3 is 2.61 bits per heavy atom. The number of benzene rings is 2. The monoisotopic (exact) mass is 547 g/mol. The van der Waals surface area contributed by atoms with Gasteiger partial charge in [0.25, 0.3) is 0 Å². The molecule has 3 aromatic heterocycles. The minimum Gasteiger partial charge on any atom is -0.372 e. The third-order valence-electron chi connectivity index (χ3n) is 7.91. The minimum absolute atomic E-state index is 0.0631. The van der Waals surface area contributed by atoms with Crippen LogP contribution in [0.3, 0.4) is 0 Å². The number of hydrogen-bond acceptors (Lipinski definition) is 5. The molecule has 41 heavy (non-hydrogen) atoms. The highest BCUT2D eigenvalue weighted by atomic mass is 16.5. The molecule has 9 nitrogen and oxygen atoms in total. The van der Waals surface area contributed by atoms with Crippen molar-refractivity contribution in [2.45, 2.75) is 32.5 Å². The zero-order chi connectivity index (χ0) is 27.9. The number of amides is 2. The molecule has 0 bridgehead atoms. The van der Waals surface area contributed by atoms with Gasteiger partial charge in [-0.05, 0) is 68.3 Å². The molecule has 9 heteroatoms. The summed E-state index contributed by atoms with van der Waals surface area (Å²) in [4.78, 5) is 29.7. The summed E-state index contributed by atoms with van der Waals surface area (Å²) < 4.78 is 7.90. The number of urea groups is 1. The predicted molar refractivity (Wildman–Crippen MR) is 162 cm³/mol. The lowest BCUT2D eigenvalue weighted by atomic mass is 10.0. The maximum absolute atomic E-state index is 13.1. The van der Waals surface area contributed by atoms with E-state index < -0.39 is 0 Å². The van der Waals surface area contributed by atoms with Gasteiger partial charge in [0.1, 0.15) is 12.0 Å². The van der Waals surface area contributed by atoms with Crippen LogP contribution in [0.4, 0.5) is 16.2 Å². The molecule has 7 rings (SSSR count). The fraction of sp³-hybridized carbons (Fsp3) is 0.281. The Labute approximate surface area is 238 Å². The third-order valence-corrected chi connectivity index (χ3v) is 7.91. The van der Waals surface area contributed by atoms with E-state index in [4.69, 9.17) is 4.74 Å². The number of imidazole rings is 1. The van der Waals surface area contributed by atoms with Crippen LogP contribution in [0.1, 0.15) is 26.0 Å². The van der Waals surface area contributed by atoms with Crippen LogP contribution in [0.2, 0.25) is 0 Å². The number of para-hydroxylation sites is 1. The van der Waals surface area contributed by atoms with Crippen molar-refractivity contribution in [3.8, 4) is 5.69 Å². The molecule has 0 aliphatic carbocycles. The van der Waals surface area contributed by atoms with E-state index in [9.17, 15) is 4.79 Å². The highest BCUT2D eigenvalue weighted by Crippen LogP contribution is 2.32. The van der Waals surface area contributed by atoms with E-state index in [-0.39, 0.29) is 18.2 Å². The van der Waals surface area contributed by atoms with Crippen molar-refractivity contribution in [3.05, 3.63) is 85.0 Å². The number of aromatic amines is 1. The molecule has 0 saturated carbocycles. The smallest absolute Gasteiger partial charge is 0.320 e. The molecular formula is C32H33N7O2. The molecular weight excluding hydrogens is 514 g/mol. The van der Waals surface area contributed by atoms with Crippen LogP contribution in [0.15, 0.2) is 79.3 Å². The summed E-state index contributed by atoms with van der Waals surface area (Å²) in [5, 5.41) is 4.62. The first-order valence-corrected chi connectivity index (χ1v) is 14.2. The Balaban J connectivity index is 1.11. The zero-order valence-electron chi connectivity index (χ0n) is 23.2.